The maximum absolute atomic E-state index is 11.2. The van der Waals surface area contributed by atoms with Crippen molar-refractivity contribution in [1.29, 1.82) is 0 Å². The molecule has 0 aliphatic rings. The first-order valence-electron chi connectivity index (χ1n) is 4.23. The lowest BCUT2D eigenvalue weighted by atomic mass is 10.5. The zero-order valence-corrected chi connectivity index (χ0v) is 8.65. The van der Waals surface area contributed by atoms with Crippen molar-refractivity contribution in [1.82, 2.24) is 14.6 Å². The Hall–Kier alpha value is -1.76. The van der Waals surface area contributed by atoms with Crippen LogP contribution in [0.4, 0.5) is 0 Å². The standard InChI is InChI=1S/C8H7N3O3S/c1-2-13-8(12)7-11-10-6(14-7)5-3-4-9-15-5/h3-4H,2H2,1H3. The molecule has 0 amide bonds. The molecule has 0 fully saturated rings. The van der Waals surface area contributed by atoms with Gasteiger partial charge in [0, 0.05) is 6.20 Å². The van der Waals surface area contributed by atoms with Gasteiger partial charge < -0.3 is 9.15 Å². The molecule has 2 aromatic rings. The third-order valence-corrected chi connectivity index (χ3v) is 2.26. The predicted molar refractivity (Wildman–Crippen MR) is 51.4 cm³/mol. The van der Waals surface area contributed by atoms with Crippen LogP contribution in [-0.4, -0.2) is 27.1 Å². The van der Waals surface area contributed by atoms with E-state index in [2.05, 4.69) is 14.6 Å². The molecule has 0 N–H and O–H groups in total. The summed E-state index contributed by atoms with van der Waals surface area (Å²) in [5, 5.41) is 7.29. The van der Waals surface area contributed by atoms with Crippen molar-refractivity contribution in [3.05, 3.63) is 18.2 Å². The highest BCUT2D eigenvalue weighted by atomic mass is 32.1. The largest absolute Gasteiger partial charge is 0.459 e. The molecule has 0 saturated heterocycles. The Morgan fingerprint density at radius 3 is 3.13 bits per heavy atom. The van der Waals surface area contributed by atoms with Crippen LogP contribution >= 0.6 is 11.5 Å². The minimum atomic E-state index is -0.610. The summed E-state index contributed by atoms with van der Waals surface area (Å²) < 4.78 is 13.7. The van der Waals surface area contributed by atoms with Gasteiger partial charge in [0.05, 0.1) is 6.61 Å². The van der Waals surface area contributed by atoms with Crippen LogP contribution in [0.5, 0.6) is 0 Å². The van der Waals surface area contributed by atoms with Crippen LogP contribution in [0, 0.1) is 0 Å². The maximum Gasteiger partial charge on any atom is 0.396 e. The van der Waals surface area contributed by atoms with Crippen LogP contribution in [0.15, 0.2) is 16.7 Å². The van der Waals surface area contributed by atoms with Gasteiger partial charge in [0.25, 0.3) is 5.89 Å². The number of ether oxygens (including phenoxy) is 1. The number of hydrogen-bond donors (Lipinski definition) is 0. The van der Waals surface area contributed by atoms with Crippen molar-refractivity contribution >= 4 is 17.5 Å². The zero-order chi connectivity index (χ0) is 10.7. The fourth-order valence-electron chi connectivity index (χ4n) is 0.924. The SMILES string of the molecule is CCOC(=O)c1nnc(-c2ccns2)o1. The highest BCUT2D eigenvalue weighted by Gasteiger charge is 2.17. The molecular formula is C8H7N3O3S. The Morgan fingerprint density at radius 1 is 1.60 bits per heavy atom. The number of nitrogens with zero attached hydrogens (tertiary/aromatic N) is 3. The third-order valence-electron chi connectivity index (χ3n) is 1.52. The van der Waals surface area contributed by atoms with E-state index in [-0.39, 0.29) is 18.4 Å². The highest BCUT2D eigenvalue weighted by Crippen LogP contribution is 2.20. The van der Waals surface area contributed by atoms with E-state index in [1.54, 1.807) is 19.2 Å². The van der Waals surface area contributed by atoms with Crippen LogP contribution in [0.2, 0.25) is 0 Å². The second kappa shape index (κ2) is 4.18. The first kappa shape index (κ1) is 9.78. The molecule has 15 heavy (non-hydrogen) atoms. The summed E-state index contributed by atoms with van der Waals surface area (Å²) >= 11 is 1.22. The van der Waals surface area contributed by atoms with Gasteiger partial charge in [-0.1, -0.05) is 0 Å². The minimum absolute atomic E-state index is 0.139. The van der Waals surface area contributed by atoms with E-state index < -0.39 is 5.97 Å². The molecule has 0 aliphatic heterocycles. The molecule has 2 rings (SSSR count). The van der Waals surface area contributed by atoms with Gasteiger partial charge in [0.1, 0.15) is 4.88 Å². The highest BCUT2D eigenvalue weighted by molar-refractivity contribution is 7.09. The van der Waals surface area contributed by atoms with Crippen molar-refractivity contribution < 1.29 is 13.9 Å². The summed E-state index contributed by atoms with van der Waals surface area (Å²) in [5.41, 5.74) is 0. The molecule has 0 unspecified atom stereocenters. The molecule has 6 nitrogen and oxygen atoms in total. The summed E-state index contributed by atoms with van der Waals surface area (Å²) in [5.74, 6) is -0.471. The van der Waals surface area contributed by atoms with E-state index in [0.717, 1.165) is 4.88 Å². The van der Waals surface area contributed by atoms with Gasteiger partial charge in [0.2, 0.25) is 0 Å². The van der Waals surface area contributed by atoms with Crippen LogP contribution in [-0.2, 0) is 4.74 Å². The average molecular weight is 225 g/mol. The molecule has 0 saturated carbocycles. The van der Waals surface area contributed by atoms with Gasteiger partial charge in [-0.05, 0) is 24.5 Å². The lowest BCUT2D eigenvalue weighted by Gasteiger charge is -1.93. The quantitative estimate of drug-likeness (QED) is 0.734. The fourth-order valence-corrected chi connectivity index (χ4v) is 1.44. The minimum Gasteiger partial charge on any atom is -0.459 e. The third kappa shape index (κ3) is 2.01. The van der Waals surface area contributed by atoms with Gasteiger partial charge in [-0.25, -0.2) is 9.17 Å². The Bertz CT molecular complexity index is 451. The topological polar surface area (TPSA) is 78.1 Å². The molecular weight excluding hydrogens is 218 g/mol. The molecule has 78 valence electrons. The summed E-state index contributed by atoms with van der Waals surface area (Å²) in [4.78, 5) is 11.9. The lowest BCUT2D eigenvalue weighted by molar-refractivity contribution is 0.0481. The average Bonchev–Trinajstić information content (AvgIpc) is 2.89. The van der Waals surface area contributed by atoms with Gasteiger partial charge in [0.15, 0.2) is 0 Å². The van der Waals surface area contributed by atoms with E-state index >= 15 is 0 Å². The first-order valence-corrected chi connectivity index (χ1v) is 5.00. The molecule has 7 heteroatoms. The summed E-state index contributed by atoms with van der Waals surface area (Å²) in [6, 6.07) is 1.73. The van der Waals surface area contributed by atoms with Gasteiger partial charge in [-0.3, -0.25) is 0 Å². The zero-order valence-electron chi connectivity index (χ0n) is 7.84. The summed E-state index contributed by atoms with van der Waals surface area (Å²) in [6.45, 7) is 1.98. The fraction of sp³-hybridized carbons (Fsp3) is 0.250. The van der Waals surface area contributed by atoms with E-state index in [9.17, 15) is 4.79 Å². The van der Waals surface area contributed by atoms with Crippen molar-refractivity contribution in [3.63, 3.8) is 0 Å². The Labute approximate surface area is 89.1 Å². The summed E-state index contributed by atoms with van der Waals surface area (Å²) in [6.07, 6.45) is 1.62. The van der Waals surface area contributed by atoms with Gasteiger partial charge in [-0.2, -0.15) is 0 Å². The van der Waals surface area contributed by atoms with Crippen LogP contribution in [0.25, 0.3) is 10.8 Å². The van der Waals surface area contributed by atoms with E-state index in [1.165, 1.54) is 11.5 Å². The second-order valence-corrected chi connectivity index (χ2v) is 3.34. The Balaban J connectivity index is 2.21. The molecule has 0 aromatic carbocycles. The monoisotopic (exact) mass is 225 g/mol. The van der Waals surface area contributed by atoms with Crippen LogP contribution < -0.4 is 0 Å². The second-order valence-electron chi connectivity index (χ2n) is 2.51. The number of carbonyl (C=O) groups excluding carboxylic acids is 1. The number of aromatic nitrogens is 3. The maximum atomic E-state index is 11.2. The molecule has 0 atom stereocenters. The summed E-state index contributed by atoms with van der Waals surface area (Å²) in [7, 11) is 0. The van der Waals surface area contributed by atoms with E-state index in [0.29, 0.717) is 0 Å². The number of esters is 1. The lowest BCUT2D eigenvalue weighted by Crippen LogP contribution is -2.04. The number of rotatable bonds is 3. The van der Waals surface area contributed by atoms with Crippen molar-refractivity contribution in [2.24, 2.45) is 0 Å². The van der Waals surface area contributed by atoms with Gasteiger partial charge >= 0.3 is 11.9 Å². The van der Waals surface area contributed by atoms with Crippen LogP contribution in [0.3, 0.4) is 0 Å². The molecule has 0 aliphatic carbocycles. The first-order chi connectivity index (χ1) is 7.31. The van der Waals surface area contributed by atoms with Crippen molar-refractivity contribution in [2.75, 3.05) is 6.61 Å². The Morgan fingerprint density at radius 2 is 2.47 bits per heavy atom. The smallest absolute Gasteiger partial charge is 0.396 e. The number of carbonyl (C=O) groups is 1. The predicted octanol–water partition coefficient (Wildman–Crippen LogP) is 1.37. The van der Waals surface area contributed by atoms with E-state index in [1.807, 2.05) is 0 Å². The Kier molecular flexibility index (Phi) is 2.72. The molecule has 0 bridgehead atoms. The van der Waals surface area contributed by atoms with Gasteiger partial charge in [-0.15, -0.1) is 10.2 Å². The molecule has 0 spiro atoms. The normalized spacial score (nSPS) is 10.2. The molecule has 2 aromatic heterocycles. The number of hydrogen-bond acceptors (Lipinski definition) is 7. The molecule has 2 heterocycles. The van der Waals surface area contributed by atoms with Crippen LogP contribution in [0.1, 0.15) is 17.6 Å². The van der Waals surface area contributed by atoms with Crippen molar-refractivity contribution in [2.45, 2.75) is 6.92 Å². The van der Waals surface area contributed by atoms with Crippen molar-refractivity contribution in [3.8, 4) is 10.8 Å². The van der Waals surface area contributed by atoms with E-state index in [4.69, 9.17) is 9.15 Å². The molecule has 0 radical (unpaired) electrons.